The summed E-state index contributed by atoms with van der Waals surface area (Å²) in [4.78, 5) is 24.1. The van der Waals surface area contributed by atoms with E-state index in [4.69, 9.17) is 15.7 Å². The minimum atomic E-state index is -1.60. The standard InChI is InChI=1S/C17H12F2N2O4/c1-24-17(23)15(10-4-2-3-9(5-10)8-20)25-16(22)14-12(18)6-11(21)7-13(14)19/h2-7,15H,21H2,1H3. The van der Waals surface area contributed by atoms with Crippen LogP contribution < -0.4 is 5.73 Å². The van der Waals surface area contributed by atoms with Gasteiger partial charge in [-0.3, -0.25) is 0 Å². The molecule has 0 aliphatic carbocycles. The molecular weight excluding hydrogens is 334 g/mol. The SMILES string of the molecule is COC(=O)C(OC(=O)c1c(F)cc(N)cc1F)c1cccc(C#N)c1. The van der Waals surface area contributed by atoms with Crippen LogP contribution in [0.4, 0.5) is 14.5 Å². The van der Waals surface area contributed by atoms with Crippen molar-refractivity contribution in [3.63, 3.8) is 0 Å². The van der Waals surface area contributed by atoms with Gasteiger partial charge >= 0.3 is 11.9 Å². The number of carbonyl (C=O) groups excluding carboxylic acids is 2. The Labute approximate surface area is 141 Å². The van der Waals surface area contributed by atoms with E-state index in [0.29, 0.717) is 0 Å². The van der Waals surface area contributed by atoms with Gasteiger partial charge in [0.1, 0.15) is 17.2 Å². The summed E-state index contributed by atoms with van der Waals surface area (Å²) in [6.45, 7) is 0. The lowest BCUT2D eigenvalue weighted by Crippen LogP contribution is -2.22. The molecule has 2 N–H and O–H groups in total. The zero-order valence-electron chi connectivity index (χ0n) is 13.0. The first-order chi connectivity index (χ1) is 11.9. The normalized spacial score (nSPS) is 11.3. The van der Waals surface area contributed by atoms with Crippen LogP contribution in [-0.4, -0.2) is 19.0 Å². The lowest BCUT2D eigenvalue weighted by Gasteiger charge is -2.17. The van der Waals surface area contributed by atoms with Crippen molar-refractivity contribution in [2.24, 2.45) is 0 Å². The third-order valence-corrected chi connectivity index (χ3v) is 3.23. The second kappa shape index (κ2) is 7.40. The number of nitrogen functional groups attached to an aromatic ring is 1. The van der Waals surface area contributed by atoms with Crippen LogP contribution in [0.5, 0.6) is 0 Å². The number of methoxy groups -OCH3 is 1. The molecule has 0 bridgehead atoms. The number of hydrogen-bond acceptors (Lipinski definition) is 6. The van der Waals surface area contributed by atoms with Crippen molar-refractivity contribution in [3.05, 3.63) is 64.7 Å². The summed E-state index contributed by atoms with van der Waals surface area (Å²) in [6.07, 6.45) is -1.60. The third-order valence-electron chi connectivity index (χ3n) is 3.23. The summed E-state index contributed by atoms with van der Waals surface area (Å²) in [5.74, 6) is -4.83. The van der Waals surface area contributed by atoms with Crippen molar-refractivity contribution in [3.8, 4) is 6.07 Å². The fourth-order valence-electron chi connectivity index (χ4n) is 2.08. The van der Waals surface area contributed by atoms with E-state index in [0.717, 1.165) is 19.2 Å². The number of nitrogens with two attached hydrogens (primary N) is 1. The number of esters is 2. The summed E-state index contributed by atoms with van der Waals surface area (Å²) in [5, 5.41) is 8.91. The zero-order chi connectivity index (χ0) is 18.6. The number of hydrogen-bond donors (Lipinski definition) is 1. The quantitative estimate of drug-likeness (QED) is 0.674. The molecule has 0 saturated carbocycles. The molecule has 0 fully saturated rings. The van der Waals surface area contributed by atoms with E-state index in [1.165, 1.54) is 24.3 Å². The van der Waals surface area contributed by atoms with Crippen LogP contribution in [0, 0.1) is 23.0 Å². The largest absolute Gasteiger partial charge is 0.466 e. The van der Waals surface area contributed by atoms with Crippen molar-refractivity contribution in [2.75, 3.05) is 12.8 Å². The Bertz CT molecular complexity index is 854. The molecule has 2 aromatic rings. The number of rotatable bonds is 4. The van der Waals surface area contributed by atoms with E-state index in [-0.39, 0.29) is 16.8 Å². The van der Waals surface area contributed by atoms with Crippen molar-refractivity contribution >= 4 is 17.6 Å². The average molecular weight is 346 g/mol. The van der Waals surface area contributed by atoms with E-state index in [1.54, 1.807) is 0 Å². The molecule has 0 heterocycles. The Hall–Kier alpha value is -3.47. The fraction of sp³-hybridized carbons (Fsp3) is 0.118. The van der Waals surface area contributed by atoms with Gasteiger partial charge in [0.25, 0.3) is 0 Å². The van der Waals surface area contributed by atoms with Gasteiger partial charge in [0.15, 0.2) is 0 Å². The van der Waals surface area contributed by atoms with Crippen LogP contribution in [0.3, 0.4) is 0 Å². The first-order valence-corrected chi connectivity index (χ1v) is 6.90. The van der Waals surface area contributed by atoms with Gasteiger partial charge in [-0.2, -0.15) is 5.26 Å². The Morgan fingerprint density at radius 1 is 1.20 bits per heavy atom. The first-order valence-electron chi connectivity index (χ1n) is 6.90. The number of carbonyl (C=O) groups is 2. The number of ether oxygens (including phenoxy) is 2. The van der Waals surface area contributed by atoms with Crippen LogP contribution >= 0.6 is 0 Å². The van der Waals surface area contributed by atoms with Crippen LogP contribution in [-0.2, 0) is 14.3 Å². The van der Waals surface area contributed by atoms with Crippen LogP contribution in [0.25, 0.3) is 0 Å². The van der Waals surface area contributed by atoms with Gasteiger partial charge in [0.2, 0.25) is 6.10 Å². The number of anilines is 1. The molecule has 0 amide bonds. The molecule has 2 rings (SSSR count). The molecule has 0 aromatic heterocycles. The predicted octanol–water partition coefficient (Wildman–Crippen LogP) is 2.49. The highest BCUT2D eigenvalue weighted by molar-refractivity contribution is 5.92. The molecule has 1 atom stereocenters. The molecule has 128 valence electrons. The Morgan fingerprint density at radius 3 is 2.40 bits per heavy atom. The topological polar surface area (TPSA) is 102 Å². The summed E-state index contributed by atoms with van der Waals surface area (Å²) in [5.41, 5.74) is 4.41. The van der Waals surface area contributed by atoms with Crippen LogP contribution in [0.15, 0.2) is 36.4 Å². The summed E-state index contributed by atoms with van der Waals surface area (Å²) >= 11 is 0. The Balaban J connectivity index is 2.40. The monoisotopic (exact) mass is 346 g/mol. The van der Waals surface area contributed by atoms with Gasteiger partial charge in [0.05, 0.1) is 18.7 Å². The molecule has 1 unspecified atom stereocenters. The molecule has 0 spiro atoms. The molecule has 0 saturated heterocycles. The average Bonchev–Trinajstić information content (AvgIpc) is 2.58. The summed E-state index contributed by atoms with van der Waals surface area (Å²) in [6, 6.07) is 9.00. The van der Waals surface area contributed by atoms with Gasteiger partial charge in [-0.1, -0.05) is 12.1 Å². The maximum absolute atomic E-state index is 13.8. The lowest BCUT2D eigenvalue weighted by atomic mass is 10.1. The van der Waals surface area contributed by atoms with Gasteiger partial charge < -0.3 is 15.2 Å². The van der Waals surface area contributed by atoms with E-state index >= 15 is 0 Å². The molecule has 0 aliphatic heterocycles. The first kappa shape index (κ1) is 17.9. The molecule has 6 nitrogen and oxygen atoms in total. The highest BCUT2D eigenvalue weighted by Crippen LogP contribution is 2.24. The van der Waals surface area contributed by atoms with Gasteiger partial charge in [-0.25, -0.2) is 18.4 Å². The second-order valence-electron chi connectivity index (χ2n) is 4.91. The maximum Gasteiger partial charge on any atom is 0.351 e. The maximum atomic E-state index is 13.8. The zero-order valence-corrected chi connectivity index (χ0v) is 13.0. The van der Waals surface area contributed by atoms with Crippen LogP contribution in [0.2, 0.25) is 0 Å². The van der Waals surface area contributed by atoms with Crippen molar-refractivity contribution < 1.29 is 27.8 Å². The molecule has 0 radical (unpaired) electrons. The molecule has 0 aliphatic rings. The lowest BCUT2D eigenvalue weighted by molar-refractivity contribution is -0.151. The summed E-state index contributed by atoms with van der Waals surface area (Å²) in [7, 11) is 1.06. The molecular formula is C17H12F2N2O4. The van der Waals surface area contributed by atoms with Crippen molar-refractivity contribution in [1.82, 2.24) is 0 Å². The minimum Gasteiger partial charge on any atom is -0.466 e. The molecule has 8 heteroatoms. The highest BCUT2D eigenvalue weighted by atomic mass is 19.1. The van der Waals surface area contributed by atoms with Crippen molar-refractivity contribution in [2.45, 2.75) is 6.10 Å². The third kappa shape index (κ3) is 3.90. The van der Waals surface area contributed by atoms with Crippen molar-refractivity contribution in [1.29, 1.82) is 5.26 Å². The van der Waals surface area contributed by atoms with E-state index in [2.05, 4.69) is 4.74 Å². The number of nitrogens with zero attached hydrogens (tertiary/aromatic N) is 1. The van der Waals surface area contributed by atoms with Gasteiger partial charge in [0, 0.05) is 11.3 Å². The van der Waals surface area contributed by atoms with Crippen LogP contribution in [0.1, 0.15) is 27.6 Å². The summed E-state index contributed by atoms with van der Waals surface area (Å²) < 4.78 is 37.2. The number of nitriles is 1. The second-order valence-corrected chi connectivity index (χ2v) is 4.91. The predicted molar refractivity (Wildman–Crippen MR) is 82.1 cm³/mol. The van der Waals surface area contributed by atoms with E-state index in [9.17, 15) is 18.4 Å². The molecule has 2 aromatic carbocycles. The minimum absolute atomic E-state index is 0.121. The highest BCUT2D eigenvalue weighted by Gasteiger charge is 2.29. The number of benzene rings is 2. The van der Waals surface area contributed by atoms with E-state index < -0.39 is 35.2 Å². The van der Waals surface area contributed by atoms with E-state index in [1.807, 2.05) is 6.07 Å². The smallest absolute Gasteiger partial charge is 0.351 e. The molecule has 25 heavy (non-hydrogen) atoms. The number of halogens is 2. The Morgan fingerprint density at radius 2 is 1.84 bits per heavy atom. The Kier molecular flexibility index (Phi) is 5.29. The van der Waals surface area contributed by atoms with Gasteiger partial charge in [-0.05, 0) is 24.3 Å². The fourth-order valence-corrected chi connectivity index (χ4v) is 2.08. The van der Waals surface area contributed by atoms with Gasteiger partial charge in [-0.15, -0.1) is 0 Å².